The Hall–Kier alpha value is -2.76. The summed E-state index contributed by atoms with van der Waals surface area (Å²) in [6, 6.07) is 7.60. The summed E-state index contributed by atoms with van der Waals surface area (Å²) in [5, 5.41) is 14.6. The van der Waals surface area contributed by atoms with Crippen molar-refractivity contribution in [2.75, 3.05) is 0 Å². The highest BCUT2D eigenvalue weighted by atomic mass is 16.5. The summed E-state index contributed by atoms with van der Waals surface area (Å²) in [6.45, 7) is 1.74. The first-order chi connectivity index (χ1) is 10.1. The predicted molar refractivity (Wildman–Crippen MR) is 75.7 cm³/mol. The van der Waals surface area contributed by atoms with Crippen LogP contribution in [0.1, 0.15) is 18.0 Å². The Morgan fingerprint density at radius 1 is 1.29 bits per heavy atom. The van der Waals surface area contributed by atoms with Gasteiger partial charge in [0.2, 0.25) is 11.7 Å². The fraction of sp³-hybridized carbons (Fsp3) is 0.200. The average Bonchev–Trinajstić information content (AvgIpc) is 2.90. The number of aryl methyl sites for hydroxylation is 2. The van der Waals surface area contributed by atoms with Gasteiger partial charge in [-0.3, -0.25) is 9.78 Å². The molecular formula is C15H13N3O3. The van der Waals surface area contributed by atoms with Crippen molar-refractivity contribution in [3.05, 3.63) is 42.0 Å². The standard InChI is InChI=1S/C15H13N3O3/c1-9-17-15(18-21-9)12-4-2-3-11-10(12)7-8-16-13(11)5-6-14(19)20/h2-4,7-8H,5-6H2,1H3,(H,19,20). The van der Waals surface area contributed by atoms with Crippen LogP contribution < -0.4 is 0 Å². The molecule has 0 saturated carbocycles. The first-order valence-electron chi connectivity index (χ1n) is 6.54. The van der Waals surface area contributed by atoms with Crippen LogP contribution in [0, 0.1) is 6.92 Å². The Morgan fingerprint density at radius 3 is 2.86 bits per heavy atom. The number of hydrogen-bond donors (Lipinski definition) is 1. The first kappa shape index (κ1) is 13.2. The van der Waals surface area contributed by atoms with E-state index in [1.165, 1.54) is 0 Å². The van der Waals surface area contributed by atoms with Crippen LogP contribution in [0.2, 0.25) is 0 Å². The van der Waals surface area contributed by atoms with E-state index in [0.717, 1.165) is 22.0 Å². The summed E-state index contributed by atoms with van der Waals surface area (Å²) >= 11 is 0. The van der Waals surface area contributed by atoms with Crippen LogP contribution in [0.3, 0.4) is 0 Å². The molecule has 2 heterocycles. The van der Waals surface area contributed by atoms with Gasteiger partial charge in [0, 0.05) is 36.2 Å². The molecule has 0 aliphatic rings. The molecule has 3 aromatic rings. The molecule has 0 amide bonds. The van der Waals surface area contributed by atoms with E-state index in [4.69, 9.17) is 9.63 Å². The highest BCUT2D eigenvalue weighted by molar-refractivity contribution is 5.96. The normalized spacial score (nSPS) is 10.9. The van der Waals surface area contributed by atoms with E-state index in [1.807, 2.05) is 24.3 Å². The smallest absolute Gasteiger partial charge is 0.303 e. The highest BCUT2D eigenvalue weighted by Crippen LogP contribution is 2.28. The Morgan fingerprint density at radius 2 is 2.14 bits per heavy atom. The third-order valence-corrected chi connectivity index (χ3v) is 3.23. The second kappa shape index (κ2) is 5.32. The minimum absolute atomic E-state index is 0.0532. The molecule has 6 nitrogen and oxygen atoms in total. The second-order valence-corrected chi connectivity index (χ2v) is 4.69. The van der Waals surface area contributed by atoms with Crippen molar-refractivity contribution in [1.29, 1.82) is 0 Å². The number of carboxylic acid groups (broad SMARTS) is 1. The zero-order valence-corrected chi connectivity index (χ0v) is 11.4. The van der Waals surface area contributed by atoms with Crippen molar-refractivity contribution in [1.82, 2.24) is 15.1 Å². The fourth-order valence-electron chi connectivity index (χ4n) is 2.30. The topological polar surface area (TPSA) is 89.1 Å². The van der Waals surface area contributed by atoms with Gasteiger partial charge in [-0.25, -0.2) is 0 Å². The molecular weight excluding hydrogens is 270 g/mol. The molecule has 3 rings (SSSR count). The van der Waals surface area contributed by atoms with Crippen LogP contribution in [-0.4, -0.2) is 26.2 Å². The monoisotopic (exact) mass is 283 g/mol. The molecule has 0 fully saturated rings. The molecule has 1 aromatic carbocycles. The molecule has 0 saturated heterocycles. The summed E-state index contributed by atoms with van der Waals surface area (Å²) < 4.78 is 5.02. The van der Waals surface area contributed by atoms with Crippen LogP contribution in [0.15, 0.2) is 35.0 Å². The number of nitrogens with zero attached hydrogens (tertiary/aromatic N) is 3. The van der Waals surface area contributed by atoms with Crippen molar-refractivity contribution < 1.29 is 14.4 Å². The number of carboxylic acids is 1. The number of aliphatic carboxylic acids is 1. The van der Waals surface area contributed by atoms with E-state index >= 15 is 0 Å². The quantitative estimate of drug-likeness (QED) is 0.791. The van der Waals surface area contributed by atoms with Crippen molar-refractivity contribution in [2.45, 2.75) is 19.8 Å². The number of hydrogen-bond acceptors (Lipinski definition) is 5. The van der Waals surface area contributed by atoms with Crippen LogP contribution in [0.25, 0.3) is 22.2 Å². The maximum Gasteiger partial charge on any atom is 0.303 e. The van der Waals surface area contributed by atoms with Crippen molar-refractivity contribution in [3.8, 4) is 11.4 Å². The van der Waals surface area contributed by atoms with Gasteiger partial charge in [0.25, 0.3) is 0 Å². The van der Waals surface area contributed by atoms with Gasteiger partial charge in [-0.1, -0.05) is 23.4 Å². The number of pyridine rings is 1. The molecule has 0 aliphatic heterocycles. The lowest BCUT2D eigenvalue weighted by Gasteiger charge is -2.07. The highest BCUT2D eigenvalue weighted by Gasteiger charge is 2.12. The molecule has 0 atom stereocenters. The van der Waals surface area contributed by atoms with Gasteiger partial charge in [-0.2, -0.15) is 4.98 Å². The molecule has 0 spiro atoms. The molecule has 0 aliphatic carbocycles. The minimum Gasteiger partial charge on any atom is -0.481 e. The van der Waals surface area contributed by atoms with Crippen LogP contribution in [-0.2, 0) is 11.2 Å². The minimum atomic E-state index is -0.834. The molecule has 0 unspecified atom stereocenters. The maximum atomic E-state index is 10.7. The summed E-state index contributed by atoms with van der Waals surface area (Å²) in [7, 11) is 0. The molecule has 6 heteroatoms. The van der Waals surface area contributed by atoms with Gasteiger partial charge >= 0.3 is 5.97 Å². The SMILES string of the molecule is Cc1nc(-c2cccc3c(CCC(=O)O)nccc23)no1. The number of rotatable bonds is 4. The molecule has 0 bridgehead atoms. The predicted octanol–water partition coefficient (Wildman–Crippen LogP) is 2.61. The third-order valence-electron chi connectivity index (χ3n) is 3.23. The third kappa shape index (κ3) is 2.60. The number of benzene rings is 1. The van der Waals surface area contributed by atoms with Gasteiger partial charge in [-0.05, 0) is 11.5 Å². The Balaban J connectivity index is 2.11. The van der Waals surface area contributed by atoms with E-state index in [0.29, 0.717) is 18.1 Å². The van der Waals surface area contributed by atoms with E-state index in [-0.39, 0.29) is 6.42 Å². The fourth-order valence-corrected chi connectivity index (χ4v) is 2.30. The van der Waals surface area contributed by atoms with Gasteiger partial charge < -0.3 is 9.63 Å². The zero-order chi connectivity index (χ0) is 14.8. The number of carbonyl (C=O) groups is 1. The number of fused-ring (bicyclic) bond motifs is 1. The molecule has 2 aromatic heterocycles. The van der Waals surface area contributed by atoms with E-state index in [2.05, 4.69) is 15.1 Å². The van der Waals surface area contributed by atoms with Gasteiger partial charge in [0.05, 0.1) is 6.42 Å². The zero-order valence-electron chi connectivity index (χ0n) is 11.4. The molecule has 0 radical (unpaired) electrons. The Kier molecular flexibility index (Phi) is 3.35. The van der Waals surface area contributed by atoms with Gasteiger partial charge in [-0.15, -0.1) is 0 Å². The first-order valence-corrected chi connectivity index (χ1v) is 6.54. The van der Waals surface area contributed by atoms with Crippen LogP contribution >= 0.6 is 0 Å². The summed E-state index contributed by atoms with van der Waals surface area (Å²) in [5.41, 5.74) is 1.61. The Labute approximate surface area is 120 Å². The molecule has 21 heavy (non-hydrogen) atoms. The average molecular weight is 283 g/mol. The van der Waals surface area contributed by atoms with Gasteiger partial charge in [0.1, 0.15) is 0 Å². The van der Waals surface area contributed by atoms with E-state index in [1.54, 1.807) is 13.1 Å². The Bertz CT molecular complexity index is 811. The lowest BCUT2D eigenvalue weighted by Crippen LogP contribution is -2.00. The largest absolute Gasteiger partial charge is 0.481 e. The van der Waals surface area contributed by atoms with Crippen LogP contribution in [0.4, 0.5) is 0 Å². The van der Waals surface area contributed by atoms with Crippen molar-refractivity contribution in [3.63, 3.8) is 0 Å². The summed E-state index contributed by atoms with van der Waals surface area (Å²) in [6.07, 6.45) is 2.12. The van der Waals surface area contributed by atoms with Gasteiger partial charge in [0.15, 0.2) is 0 Å². The van der Waals surface area contributed by atoms with E-state index < -0.39 is 5.97 Å². The summed E-state index contributed by atoms with van der Waals surface area (Å²) in [4.78, 5) is 19.3. The van der Waals surface area contributed by atoms with Crippen LogP contribution in [0.5, 0.6) is 0 Å². The molecule has 106 valence electrons. The van der Waals surface area contributed by atoms with E-state index in [9.17, 15) is 4.79 Å². The molecule has 1 N–H and O–H groups in total. The summed E-state index contributed by atoms with van der Waals surface area (Å²) in [5.74, 6) is 0.189. The maximum absolute atomic E-state index is 10.7. The van der Waals surface area contributed by atoms with Crippen molar-refractivity contribution >= 4 is 16.7 Å². The second-order valence-electron chi connectivity index (χ2n) is 4.69. The lowest BCUT2D eigenvalue weighted by molar-refractivity contribution is -0.136. The number of aromatic nitrogens is 3. The lowest BCUT2D eigenvalue weighted by atomic mass is 10.0. The van der Waals surface area contributed by atoms with Crippen molar-refractivity contribution in [2.24, 2.45) is 0 Å².